The van der Waals surface area contributed by atoms with E-state index in [2.05, 4.69) is 89.3 Å². The molecule has 1 amide bonds. The van der Waals surface area contributed by atoms with Gasteiger partial charge in [0.25, 0.3) is 5.95 Å². The number of aryl methyl sites for hydroxylation is 2. The summed E-state index contributed by atoms with van der Waals surface area (Å²) in [5, 5.41) is 15.4. The summed E-state index contributed by atoms with van der Waals surface area (Å²) in [7, 11) is 0. The summed E-state index contributed by atoms with van der Waals surface area (Å²) in [6.45, 7) is 8.15. The number of aromatic nitrogens is 4. The quantitative estimate of drug-likeness (QED) is 0.709. The molecule has 154 valence electrons. The lowest BCUT2D eigenvalue weighted by Crippen LogP contribution is -2.42. The Hall–Kier alpha value is -3.48. The van der Waals surface area contributed by atoms with Crippen molar-refractivity contribution in [3.8, 4) is 0 Å². The van der Waals surface area contributed by atoms with Gasteiger partial charge in [0.1, 0.15) is 12.6 Å². The number of allylic oxidation sites excluding steroid dienone is 1. The minimum absolute atomic E-state index is 0.0606. The van der Waals surface area contributed by atoms with Crippen LogP contribution in [0, 0.1) is 13.8 Å². The van der Waals surface area contributed by atoms with Crippen molar-refractivity contribution in [3.05, 3.63) is 76.9 Å². The van der Waals surface area contributed by atoms with Crippen LogP contribution in [-0.4, -0.2) is 38.7 Å². The summed E-state index contributed by atoms with van der Waals surface area (Å²) in [6.07, 6.45) is 2.13. The Kier molecular flexibility index (Phi) is 5.35. The zero-order valence-electron chi connectivity index (χ0n) is 17.7. The number of nitrogens with zero attached hydrogens (tertiary/aromatic N) is 5. The number of benzene rings is 2. The molecule has 0 fully saturated rings. The molecule has 30 heavy (non-hydrogen) atoms. The van der Waals surface area contributed by atoms with Crippen molar-refractivity contribution in [2.75, 3.05) is 11.4 Å². The Balaban J connectivity index is 1.80. The van der Waals surface area contributed by atoms with E-state index in [-0.39, 0.29) is 24.5 Å². The molecule has 1 N–H and O–H groups in total. The van der Waals surface area contributed by atoms with E-state index in [9.17, 15) is 4.79 Å². The fourth-order valence-electron chi connectivity index (χ4n) is 3.61. The standard InChI is InChI=1S/C23H26N6O/c1-15(2)24-22(30)14-28-20(18-9-5-16(3)6-10-18)13-21(29-23(28)25-26-27-29)19-11-7-17(4)8-12-19/h5-13,15,21H,14H2,1-4H3,(H,24,30)/t21-/m0/s1. The second-order valence-corrected chi connectivity index (χ2v) is 8.01. The highest BCUT2D eigenvalue weighted by Gasteiger charge is 2.31. The van der Waals surface area contributed by atoms with Crippen molar-refractivity contribution >= 4 is 17.6 Å². The number of hydrogen-bond acceptors (Lipinski definition) is 5. The van der Waals surface area contributed by atoms with Gasteiger partial charge in [-0.3, -0.25) is 9.69 Å². The SMILES string of the molecule is Cc1ccc(C2=C[C@@H](c3ccc(C)cc3)n3nnnc3N2CC(=O)NC(C)C)cc1. The van der Waals surface area contributed by atoms with Crippen LogP contribution in [0.2, 0.25) is 0 Å². The van der Waals surface area contributed by atoms with Crippen molar-refractivity contribution in [2.45, 2.75) is 39.8 Å². The van der Waals surface area contributed by atoms with E-state index in [0.29, 0.717) is 5.95 Å². The zero-order chi connectivity index (χ0) is 21.3. The first-order valence-electron chi connectivity index (χ1n) is 10.1. The van der Waals surface area contributed by atoms with Crippen molar-refractivity contribution in [1.29, 1.82) is 0 Å². The van der Waals surface area contributed by atoms with Crippen LogP contribution in [0.3, 0.4) is 0 Å². The van der Waals surface area contributed by atoms with Gasteiger partial charge in [0.05, 0.1) is 5.70 Å². The van der Waals surface area contributed by atoms with E-state index in [0.717, 1.165) is 16.8 Å². The number of amides is 1. The Morgan fingerprint density at radius 2 is 1.67 bits per heavy atom. The first-order chi connectivity index (χ1) is 14.4. The molecule has 0 saturated heterocycles. The summed E-state index contributed by atoms with van der Waals surface area (Å²) < 4.78 is 1.77. The van der Waals surface area contributed by atoms with Crippen LogP contribution in [0.1, 0.15) is 42.1 Å². The summed E-state index contributed by atoms with van der Waals surface area (Å²) in [5.41, 5.74) is 5.40. The molecule has 0 unspecified atom stereocenters. The molecule has 1 aliphatic heterocycles. The monoisotopic (exact) mass is 402 g/mol. The number of fused-ring (bicyclic) bond motifs is 1. The minimum atomic E-state index is -0.156. The molecule has 4 rings (SSSR count). The lowest BCUT2D eigenvalue weighted by Gasteiger charge is -2.32. The van der Waals surface area contributed by atoms with Crippen LogP contribution in [-0.2, 0) is 4.79 Å². The predicted octanol–water partition coefficient (Wildman–Crippen LogP) is 3.27. The molecular weight excluding hydrogens is 376 g/mol. The second kappa shape index (κ2) is 8.10. The molecule has 0 bridgehead atoms. The van der Waals surface area contributed by atoms with Gasteiger partial charge in [-0.1, -0.05) is 64.8 Å². The van der Waals surface area contributed by atoms with Gasteiger partial charge >= 0.3 is 0 Å². The molecule has 3 aromatic rings. The summed E-state index contributed by atoms with van der Waals surface area (Å²) >= 11 is 0. The van der Waals surface area contributed by atoms with Crippen LogP contribution in [0.15, 0.2) is 54.6 Å². The summed E-state index contributed by atoms with van der Waals surface area (Å²) in [6, 6.07) is 16.5. The van der Waals surface area contributed by atoms with Gasteiger partial charge < -0.3 is 5.32 Å². The Bertz CT molecular complexity index is 1070. The molecule has 7 nitrogen and oxygen atoms in total. The highest BCUT2D eigenvalue weighted by Crippen LogP contribution is 2.36. The van der Waals surface area contributed by atoms with Crippen molar-refractivity contribution in [3.63, 3.8) is 0 Å². The van der Waals surface area contributed by atoms with Gasteiger partial charge in [-0.05, 0) is 55.3 Å². The number of hydrogen-bond donors (Lipinski definition) is 1. The van der Waals surface area contributed by atoms with Crippen LogP contribution in [0.5, 0.6) is 0 Å². The number of nitrogens with one attached hydrogen (secondary N) is 1. The number of carbonyl (C=O) groups excluding carboxylic acids is 1. The highest BCUT2D eigenvalue weighted by molar-refractivity contribution is 5.89. The Morgan fingerprint density at radius 3 is 2.30 bits per heavy atom. The van der Waals surface area contributed by atoms with Gasteiger partial charge in [0, 0.05) is 6.04 Å². The number of rotatable bonds is 5. The molecule has 0 saturated carbocycles. The normalized spacial score (nSPS) is 15.7. The maximum atomic E-state index is 12.6. The topological polar surface area (TPSA) is 75.9 Å². The lowest BCUT2D eigenvalue weighted by atomic mass is 9.99. The largest absolute Gasteiger partial charge is 0.352 e. The van der Waals surface area contributed by atoms with Gasteiger partial charge in [0.15, 0.2) is 0 Å². The van der Waals surface area contributed by atoms with Gasteiger partial charge in [-0.25, -0.2) is 0 Å². The van der Waals surface area contributed by atoms with E-state index in [4.69, 9.17) is 0 Å². The number of tetrazole rings is 1. The van der Waals surface area contributed by atoms with Gasteiger partial charge in [-0.2, -0.15) is 4.68 Å². The van der Waals surface area contributed by atoms with Crippen LogP contribution in [0.25, 0.3) is 5.70 Å². The summed E-state index contributed by atoms with van der Waals surface area (Å²) in [5.74, 6) is 0.476. The molecule has 0 aliphatic carbocycles. The third-order valence-electron chi connectivity index (χ3n) is 5.10. The fraction of sp³-hybridized carbons (Fsp3) is 0.304. The molecule has 1 aliphatic rings. The third-order valence-corrected chi connectivity index (χ3v) is 5.10. The van der Waals surface area contributed by atoms with Crippen molar-refractivity contribution in [2.24, 2.45) is 0 Å². The third kappa shape index (κ3) is 3.96. The van der Waals surface area contributed by atoms with Crippen LogP contribution < -0.4 is 10.2 Å². The van der Waals surface area contributed by atoms with Gasteiger partial charge in [0.2, 0.25) is 5.91 Å². The average molecular weight is 403 g/mol. The number of anilines is 1. The molecule has 0 radical (unpaired) electrons. The minimum Gasteiger partial charge on any atom is -0.352 e. The van der Waals surface area contributed by atoms with Crippen LogP contribution in [0.4, 0.5) is 5.95 Å². The maximum absolute atomic E-state index is 12.6. The molecular formula is C23H26N6O. The molecule has 1 aromatic heterocycles. The Morgan fingerprint density at radius 1 is 1.03 bits per heavy atom. The Labute approximate surface area is 176 Å². The molecule has 0 spiro atoms. The van der Waals surface area contributed by atoms with E-state index in [1.807, 2.05) is 18.7 Å². The van der Waals surface area contributed by atoms with Crippen LogP contribution >= 0.6 is 0 Å². The molecule has 2 heterocycles. The van der Waals surface area contributed by atoms with E-state index in [1.54, 1.807) is 4.68 Å². The smallest absolute Gasteiger partial charge is 0.251 e. The predicted molar refractivity (Wildman–Crippen MR) is 117 cm³/mol. The first-order valence-corrected chi connectivity index (χ1v) is 10.1. The lowest BCUT2D eigenvalue weighted by molar-refractivity contribution is -0.120. The van der Waals surface area contributed by atoms with Crippen molar-refractivity contribution in [1.82, 2.24) is 25.5 Å². The van der Waals surface area contributed by atoms with E-state index in [1.165, 1.54) is 11.1 Å². The summed E-state index contributed by atoms with van der Waals surface area (Å²) in [4.78, 5) is 14.5. The number of carbonyl (C=O) groups is 1. The first kappa shape index (κ1) is 19.8. The average Bonchev–Trinajstić information content (AvgIpc) is 3.19. The second-order valence-electron chi connectivity index (χ2n) is 8.01. The highest BCUT2D eigenvalue weighted by atomic mass is 16.2. The van der Waals surface area contributed by atoms with E-state index < -0.39 is 0 Å². The molecule has 2 aromatic carbocycles. The molecule has 7 heteroatoms. The van der Waals surface area contributed by atoms with E-state index >= 15 is 0 Å². The van der Waals surface area contributed by atoms with Gasteiger partial charge in [-0.15, -0.1) is 0 Å². The molecule has 1 atom stereocenters. The zero-order valence-corrected chi connectivity index (χ0v) is 17.7. The maximum Gasteiger partial charge on any atom is 0.251 e. The van der Waals surface area contributed by atoms with Crippen molar-refractivity contribution < 1.29 is 4.79 Å². The fourth-order valence-corrected chi connectivity index (χ4v) is 3.61.